The number of carbonyl (C=O) groups is 1. The Bertz CT molecular complexity index is 442. The van der Waals surface area contributed by atoms with Crippen molar-refractivity contribution in [2.24, 2.45) is 0 Å². The molecule has 4 atom stereocenters. The summed E-state index contributed by atoms with van der Waals surface area (Å²) in [6, 6.07) is 0. The molecule has 0 fully saturated rings. The van der Waals surface area contributed by atoms with Gasteiger partial charge in [-0.2, -0.15) is 0 Å². The number of ether oxygens (including phenoxy) is 1. The Morgan fingerprint density at radius 3 is 1.68 bits per heavy atom. The Hall–Kier alpha value is -0.990. The molecule has 0 saturated heterocycles. The molecule has 31 heavy (non-hydrogen) atoms. The summed E-state index contributed by atoms with van der Waals surface area (Å²) in [5.74, 6) is -0.641. The lowest BCUT2D eigenvalue weighted by atomic mass is 10.0. The van der Waals surface area contributed by atoms with Gasteiger partial charge in [-0.05, 0) is 12.8 Å². The van der Waals surface area contributed by atoms with Crippen molar-refractivity contribution >= 4 is 5.97 Å². The van der Waals surface area contributed by atoms with Crippen molar-refractivity contribution < 1.29 is 35.1 Å². The highest BCUT2D eigenvalue weighted by Gasteiger charge is 2.30. The van der Waals surface area contributed by atoms with Crippen LogP contribution in [0.1, 0.15) is 96.8 Å². The Labute approximate surface area is 188 Å². The van der Waals surface area contributed by atoms with Gasteiger partial charge in [-0.15, -0.1) is 0 Å². The van der Waals surface area contributed by atoms with Crippen molar-refractivity contribution in [3.05, 3.63) is 12.2 Å². The third-order valence-electron chi connectivity index (χ3n) is 5.45. The fraction of sp³-hybridized carbons (Fsp3) is 0.875. The Morgan fingerprint density at radius 1 is 0.742 bits per heavy atom. The van der Waals surface area contributed by atoms with Crippen LogP contribution in [-0.4, -0.2) is 69.1 Å². The zero-order valence-corrected chi connectivity index (χ0v) is 19.3. The summed E-state index contributed by atoms with van der Waals surface area (Å²) in [7, 11) is 0. The van der Waals surface area contributed by atoms with E-state index in [1.165, 1.54) is 76.7 Å². The summed E-state index contributed by atoms with van der Waals surface area (Å²) >= 11 is 0. The molecule has 0 bridgehead atoms. The van der Waals surface area contributed by atoms with Crippen LogP contribution in [0.3, 0.4) is 0 Å². The fourth-order valence-electron chi connectivity index (χ4n) is 3.34. The van der Waals surface area contributed by atoms with Crippen molar-refractivity contribution in [1.82, 2.24) is 0 Å². The lowest BCUT2D eigenvalue weighted by molar-refractivity contribution is -0.151. The number of carbonyl (C=O) groups excluding carboxylic acids is 1. The molecule has 0 unspecified atom stereocenters. The molecule has 0 rings (SSSR count). The Morgan fingerprint density at radius 2 is 1.19 bits per heavy atom. The van der Waals surface area contributed by atoms with Crippen molar-refractivity contribution in [2.45, 2.75) is 121 Å². The molecule has 7 heteroatoms. The third kappa shape index (κ3) is 17.3. The van der Waals surface area contributed by atoms with Gasteiger partial charge in [0.05, 0.1) is 6.61 Å². The fourth-order valence-corrected chi connectivity index (χ4v) is 3.34. The van der Waals surface area contributed by atoms with Crippen LogP contribution in [0.25, 0.3) is 0 Å². The molecular weight excluding hydrogens is 400 g/mol. The SMILES string of the molecule is CCCCCCCCCCCCCCCC=CC(=O)OC[C@@H](O)[C@@H](O)[C@H](O)[C@H](O)CO. The summed E-state index contributed by atoms with van der Waals surface area (Å²) in [6.07, 6.45) is 14.0. The largest absolute Gasteiger partial charge is 0.460 e. The predicted octanol–water partition coefficient (Wildman–Crippen LogP) is 3.00. The third-order valence-corrected chi connectivity index (χ3v) is 5.45. The van der Waals surface area contributed by atoms with E-state index < -0.39 is 43.6 Å². The van der Waals surface area contributed by atoms with Crippen LogP contribution in [0, 0.1) is 0 Å². The number of unbranched alkanes of at least 4 members (excludes halogenated alkanes) is 13. The second-order valence-electron chi connectivity index (χ2n) is 8.36. The number of esters is 1. The molecule has 0 aliphatic carbocycles. The summed E-state index contributed by atoms with van der Waals surface area (Å²) in [4.78, 5) is 11.6. The van der Waals surface area contributed by atoms with E-state index >= 15 is 0 Å². The van der Waals surface area contributed by atoms with Crippen molar-refractivity contribution in [2.75, 3.05) is 13.2 Å². The second kappa shape index (κ2) is 20.9. The van der Waals surface area contributed by atoms with Gasteiger partial charge < -0.3 is 30.3 Å². The van der Waals surface area contributed by atoms with Crippen LogP contribution in [0.4, 0.5) is 0 Å². The normalized spacial score (nSPS) is 15.7. The lowest BCUT2D eigenvalue weighted by Gasteiger charge is -2.25. The minimum atomic E-state index is -1.73. The highest BCUT2D eigenvalue weighted by molar-refractivity contribution is 5.81. The van der Waals surface area contributed by atoms with Gasteiger partial charge in [0, 0.05) is 6.08 Å². The molecule has 0 aliphatic rings. The van der Waals surface area contributed by atoms with Gasteiger partial charge in [0.15, 0.2) is 0 Å². The first-order valence-corrected chi connectivity index (χ1v) is 12.1. The number of hydrogen-bond acceptors (Lipinski definition) is 7. The molecule has 7 nitrogen and oxygen atoms in total. The summed E-state index contributed by atoms with van der Waals surface area (Å²) in [5, 5.41) is 46.8. The van der Waals surface area contributed by atoms with Crippen LogP contribution < -0.4 is 0 Å². The highest BCUT2D eigenvalue weighted by atomic mass is 16.5. The predicted molar refractivity (Wildman–Crippen MR) is 122 cm³/mol. The maximum absolute atomic E-state index is 11.6. The number of hydrogen-bond donors (Lipinski definition) is 5. The molecular formula is C24H46O7. The maximum Gasteiger partial charge on any atom is 0.330 e. The minimum absolute atomic E-state index is 0.516. The molecule has 0 amide bonds. The zero-order valence-electron chi connectivity index (χ0n) is 19.3. The Balaban J connectivity index is 3.58. The molecule has 0 saturated carbocycles. The van der Waals surface area contributed by atoms with Crippen LogP contribution in [0.15, 0.2) is 12.2 Å². The molecule has 0 spiro atoms. The molecule has 0 aliphatic heterocycles. The van der Waals surface area contributed by atoms with Crippen molar-refractivity contribution in [3.63, 3.8) is 0 Å². The second-order valence-corrected chi connectivity index (χ2v) is 8.36. The van der Waals surface area contributed by atoms with E-state index in [0.717, 1.165) is 19.3 Å². The van der Waals surface area contributed by atoms with Crippen molar-refractivity contribution in [3.8, 4) is 0 Å². The first kappa shape index (κ1) is 30.0. The molecule has 0 heterocycles. The number of rotatable bonds is 21. The summed E-state index contributed by atoms with van der Waals surface area (Å²) in [6.45, 7) is 0.973. The average molecular weight is 447 g/mol. The van der Waals surface area contributed by atoms with E-state index in [0.29, 0.717) is 0 Å². The summed E-state index contributed by atoms with van der Waals surface area (Å²) in [5.41, 5.74) is 0. The Kier molecular flexibility index (Phi) is 20.2. The molecule has 0 radical (unpaired) electrons. The molecule has 184 valence electrons. The standard InChI is InChI=1S/C24H46O7/c1-2-3-4-5-6-7-8-9-10-11-12-13-14-15-16-17-22(28)31-19-21(27)24(30)23(29)20(26)18-25/h16-17,20-21,23-27,29-30H,2-15,18-19H2,1H3/t20-,21-,23-,24-/m1/s1. The van der Waals surface area contributed by atoms with Gasteiger partial charge in [-0.3, -0.25) is 0 Å². The maximum atomic E-state index is 11.6. The number of aliphatic hydroxyl groups excluding tert-OH is 5. The van der Waals surface area contributed by atoms with Gasteiger partial charge in [0.25, 0.3) is 0 Å². The molecule has 0 aromatic rings. The molecule has 0 aromatic heterocycles. The molecule has 5 N–H and O–H groups in total. The number of aliphatic hydroxyl groups is 5. The quantitative estimate of drug-likeness (QED) is 0.104. The first-order chi connectivity index (χ1) is 14.9. The minimum Gasteiger partial charge on any atom is -0.460 e. The van der Waals surface area contributed by atoms with Gasteiger partial charge >= 0.3 is 5.97 Å². The zero-order chi connectivity index (χ0) is 23.3. The van der Waals surface area contributed by atoms with E-state index in [1.54, 1.807) is 6.08 Å². The lowest BCUT2D eigenvalue weighted by Crippen LogP contribution is -2.47. The van der Waals surface area contributed by atoms with E-state index in [4.69, 9.17) is 9.84 Å². The number of allylic oxidation sites excluding steroid dienone is 1. The van der Waals surface area contributed by atoms with Crippen LogP contribution in [-0.2, 0) is 9.53 Å². The van der Waals surface area contributed by atoms with E-state index in [1.807, 2.05) is 0 Å². The van der Waals surface area contributed by atoms with Crippen molar-refractivity contribution in [1.29, 1.82) is 0 Å². The highest BCUT2D eigenvalue weighted by Crippen LogP contribution is 2.13. The first-order valence-electron chi connectivity index (χ1n) is 12.1. The topological polar surface area (TPSA) is 127 Å². The molecule has 0 aromatic carbocycles. The smallest absolute Gasteiger partial charge is 0.330 e. The van der Waals surface area contributed by atoms with E-state index in [-0.39, 0.29) is 0 Å². The average Bonchev–Trinajstić information content (AvgIpc) is 2.78. The van der Waals surface area contributed by atoms with E-state index in [9.17, 15) is 25.2 Å². The summed E-state index contributed by atoms with van der Waals surface area (Å²) < 4.78 is 4.82. The van der Waals surface area contributed by atoms with Gasteiger partial charge in [-0.25, -0.2) is 4.79 Å². The van der Waals surface area contributed by atoms with Gasteiger partial charge in [0.2, 0.25) is 0 Å². The van der Waals surface area contributed by atoms with Crippen LogP contribution in [0.5, 0.6) is 0 Å². The van der Waals surface area contributed by atoms with Crippen LogP contribution >= 0.6 is 0 Å². The van der Waals surface area contributed by atoms with Gasteiger partial charge in [-0.1, -0.05) is 90.0 Å². The van der Waals surface area contributed by atoms with Gasteiger partial charge in [0.1, 0.15) is 31.0 Å². The van der Waals surface area contributed by atoms with Crippen LogP contribution in [0.2, 0.25) is 0 Å². The van der Waals surface area contributed by atoms with E-state index in [2.05, 4.69) is 6.92 Å². The monoisotopic (exact) mass is 446 g/mol.